The molecular formula is C52H100N2O20P2. The van der Waals surface area contributed by atoms with Gasteiger partial charge in [-0.3, -0.25) is 23.4 Å². The van der Waals surface area contributed by atoms with E-state index < -0.39 is 133 Å². The number of carbonyl (C=O) groups excluding carboxylic acids is 3. The second kappa shape index (κ2) is 40.5. The first-order valence-corrected chi connectivity index (χ1v) is 31.8. The average Bonchev–Trinajstić information content (AvgIpc) is 3.35. The molecule has 22 nitrogen and oxygen atoms in total. The number of hydrogen-bond acceptors (Lipinski definition) is 16. The number of hydrogen-bond donors (Lipinski definition) is 11. The second-order valence-corrected chi connectivity index (χ2v) is 23.3. The topological polar surface area (TPSA) is 347 Å². The number of ether oxygens (including phenoxy) is 4. The van der Waals surface area contributed by atoms with Crippen LogP contribution in [0, 0.1) is 0 Å². The first kappa shape index (κ1) is 70.4. The van der Waals surface area contributed by atoms with E-state index >= 15 is 0 Å². The molecule has 24 heteroatoms. The van der Waals surface area contributed by atoms with Gasteiger partial charge in [0.25, 0.3) is 0 Å². The Hall–Kier alpha value is -1.69. The molecule has 0 aromatic rings. The molecule has 2 saturated heterocycles. The summed E-state index contributed by atoms with van der Waals surface area (Å²) in [7, 11) is -10.8. The summed E-state index contributed by atoms with van der Waals surface area (Å²) in [5, 5.41) is 59.7. The van der Waals surface area contributed by atoms with Crippen LogP contribution in [0.15, 0.2) is 0 Å². The van der Waals surface area contributed by atoms with Crippen LogP contribution in [0.25, 0.3) is 0 Å². The van der Waals surface area contributed by atoms with Crippen molar-refractivity contribution < 1.29 is 96.6 Å². The highest BCUT2D eigenvalue weighted by molar-refractivity contribution is 7.46. The van der Waals surface area contributed by atoms with E-state index in [-0.39, 0.29) is 6.42 Å². The fraction of sp³-hybridized carbons (Fsp3) is 0.942. The number of esters is 1. The zero-order chi connectivity index (χ0) is 56.4. The quantitative estimate of drug-likeness (QED) is 0.0168. The Morgan fingerprint density at radius 3 is 1.42 bits per heavy atom. The van der Waals surface area contributed by atoms with Gasteiger partial charge >= 0.3 is 21.6 Å². The maximum atomic E-state index is 13.9. The average molecular weight is 1140 g/mol. The van der Waals surface area contributed by atoms with Gasteiger partial charge in [0, 0.05) is 6.42 Å². The van der Waals surface area contributed by atoms with E-state index in [9.17, 15) is 68.6 Å². The summed E-state index contributed by atoms with van der Waals surface area (Å²) >= 11 is 0. The van der Waals surface area contributed by atoms with Gasteiger partial charge in [-0.1, -0.05) is 181 Å². The van der Waals surface area contributed by atoms with E-state index in [1.54, 1.807) is 0 Å². The van der Waals surface area contributed by atoms with E-state index in [0.29, 0.717) is 32.1 Å². The third kappa shape index (κ3) is 31.3. The van der Waals surface area contributed by atoms with Crippen LogP contribution in [0.4, 0.5) is 0 Å². The zero-order valence-electron chi connectivity index (χ0n) is 45.9. The molecular weight excluding hydrogens is 1030 g/mol. The van der Waals surface area contributed by atoms with Gasteiger partial charge in [-0.05, 0) is 25.7 Å². The van der Waals surface area contributed by atoms with Crippen molar-refractivity contribution in [2.45, 2.75) is 300 Å². The lowest BCUT2D eigenvalue weighted by Crippen LogP contribution is -2.67. The predicted molar refractivity (Wildman–Crippen MR) is 283 cm³/mol. The van der Waals surface area contributed by atoms with E-state index in [1.807, 2.05) is 0 Å². The monoisotopic (exact) mass is 1130 g/mol. The Labute approximate surface area is 452 Å². The van der Waals surface area contributed by atoms with Gasteiger partial charge < -0.3 is 74.7 Å². The fourth-order valence-corrected chi connectivity index (χ4v) is 10.7. The molecule has 448 valence electrons. The lowest BCUT2D eigenvalue weighted by atomic mass is 9.95. The van der Waals surface area contributed by atoms with E-state index in [1.165, 1.54) is 64.2 Å². The number of amides is 2. The largest absolute Gasteiger partial charge is 0.472 e. The zero-order valence-corrected chi connectivity index (χ0v) is 47.7. The molecule has 2 heterocycles. The molecule has 0 bridgehead atoms. The molecule has 76 heavy (non-hydrogen) atoms. The number of aliphatic hydroxyl groups is 5. The fourth-order valence-electron chi connectivity index (χ4n) is 9.70. The summed E-state index contributed by atoms with van der Waals surface area (Å²) in [5.74, 6) is -2.11. The molecule has 2 amide bonds. The number of phosphoric ester groups is 2. The number of unbranched alkanes of at least 4 members (excludes halogenated alkanes) is 24. The first-order chi connectivity index (χ1) is 36.2. The summed E-state index contributed by atoms with van der Waals surface area (Å²) in [6, 6.07) is -3.52. The lowest BCUT2D eigenvalue weighted by Gasteiger charge is -2.45. The van der Waals surface area contributed by atoms with Crippen molar-refractivity contribution in [2.75, 3.05) is 13.2 Å². The normalized spacial score (nSPS) is 25.0. The molecule has 0 aromatic carbocycles. The number of aliphatic hydroxyl groups excluding tert-OH is 5. The lowest BCUT2D eigenvalue weighted by molar-refractivity contribution is -0.294. The minimum atomic E-state index is -5.42. The Kier molecular flexibility index (Phi) is 37.5. The molecule has 2 aliphatic rings. The van der Waals surface area contributed by atoms with Crippen LogP contribution in [0.5, 0.6) is 0 Å². The van der Waals surface area contributed by atoms with Crippen LogP contribution in [-0.2, 0) is 51.5 Å². The van der Waals surface area contributed by atoms with Crippen LogP contribution >= 0.6 is 15.6 Å². The Morgan fingerprint density at radius 1 is 0.526 bits per heavy atom. The molecule has 2 aliphatic heterocycles. The molecule has 0 aromatic heterocycles. The highest BCUT2D eigenvalue weighted by Gasteiger charge is 2.52. The van der Waals surface area contributed by atoms with Crippen molar-refractivity contribution in [1.29, 1.82) is 0 Å². The van der Waals surface area contributed by atoms with Crippen molar-refractivity contribution in [2.24, 2.45) is 0 Å². The molecule has 2 rings (SSSR count). The van der Waals surface area contributed by atoms with Gasteiger partial charge in [0.2, 0.25) is 11.8 Å². The summed E-state index contributed by atoms with van der Waals surface area (Å²) in [4.78, 5) is 79.0. The molecule has 0 aliphatic carbocycles. The Morgan fingerprint density at radius 2 is 0.947 bits per heavy atom. The first-order valence-electron chi connectivity index (χ1n) is 28.7. The molecule has 12 atom stereocenters. The smallest absolute Gasteiger partial charge is 0.462 e. The van der Waals surface area contributed by atoms with Crippen molar-refractivity contribution in [3.63, 3.8) is 0 Å². The third-order valence-corrected chi connectivity index (χ3v) is 15.0. The predicted octanol–water partition coefficient (Wildman–Crippen LogP) is 6.90. The summed E-state index contributed by atoms with van der Waals surface area (Å²) in [6.45, 7) is 4.65. The van der Waals surface area contributed by atoms with Crippen molar-refractivity contribution >= 4 is 33.4 Å². The summed E-state index contributed by atoms with van der Waals surface area (Å²) in [5.41, 5.74) is 0. The summed E-state index contributed by atoms with van der Waals surface area (Å²) in [6.07, 6.45) is 10.8. The van der Waals surface area contributed by atoms with Crippen LogP contribution in [0.1, 0.15) is 226 Å². The molecule has 11 N–H and O–H groups in total. The van der Waals surface area contributed by atoms with Crippen molar-refractivity contribution in [1.82, 2.24) is 10.6 Å². The molecule has 2 fully saturated rings. The van der Waals surface area contributed by atoms with Crippen LogP contribution in [-0.4, -0.2) is 150 Å². The van der Waals surface area contributed by atoms with Crippen LogP contribution in [0.2, 0.25) is 0 Å². The highest BCUT2D eigenvalue weighted by atomic mass is 31.2. The minimum Gasteiger partial charge on any atom is -0.462 e. The van der Waals surface area contributed by atoms with Crippen molar-refractivity contribution in [3.8, 4) is 0 Å². The van der Waals surface area contributed by atoms with Gasteiger partial charge in [-0.25, -0.2) is 9.13 Å². The molecule has 0 spiro atoms. The van der Waals surface area contributed by atoms with Crippen LogP contribution < -0.4 is 10.6 Å². The highest BCUT2D eigenvalue weighted by Crippen LogP contribution is 2.43. The van der Waals surface area contributed by atoms with E-state index in [0.717, 1.165) is 89.9 Å². The number of phosphoric acid groups is 2. The van der Waals surface area contributed by atoms with Gasteiger partial charge in [-0.2, -0.15) is 0 Å². The molecule has 12 unspecified atom stereocenters. The Bertz CT molecular complexity index is 1640. The van der Waals surface area contributed by atoms with Gasteiger partial charge in [0.1, 0.15) is 54.8 Å². The molecule has 0 radical (unpaired) electrons. The maximum absolute atomic E-state index is 13.9. The molecule has 0 saturated carbocycles. The minimum absolute atomic E-state index is 0.153. The number of rotatable bonds is 45. The summed E-state index contributed by atoms with van der Waals surface area (Å²) < 4.78 is 56.9. The van der Waals surface area contributed by atoms with Gasteiger partial charge in [0.15, 0.2) is 12.6 Å². The van der Waals surface area contributed by atoms with Gasteiger partial charge in [0.05, 0.1) is 32.2 Å². The van der Waals surface area contributed by atoms with Gasteiger partial charge in [-0.15, -0.1) is 0 Å². The maximum Gasteiger partial charge on any atom is 0.472 e. The standard InChI is InChI=1S/C52H100N2O20P2/c1-4-7-10-13-16-19-22-25-28-31-38(56)34-42(57)53-45-48(61)47(60)41(72-52(45)74-76(66,67)68)37-69-51-46(49(62)50(40(36-55)71-51)73-75(63,64)65)54-43(58)35-39(32-29-26-23-20-17-14-11-8-5-2)70-44(59)33-30-27-24-21-18-15-12-9-6-3/h38-41,45-52,55-56,60-62H,4-37H2,1-3H3,(H,53,57)(H,54,58)(H2,63,64,65)(H2,66,67,68). The third-order valence-electron chi connectivity index (χ3n) is 14.0. The van der Waals surface area contributed by atoms with Crippen LogP contribution in [0.3, 0.4) is 0 Å². The second-order valence-electron chi connectivity index (χ2n) is 20.9. The Balaban J connectivity index is 2.20. The van der Waals surface area contributed by atoms with E-state index in [2.05, 4.69) is 31.4 Å². The SMILES string of the molecule is CCCCCCCCCCCC(=O)OC(CCCCCCCCCCC)CC(=O)NC1C(OCC2OC(OP(=O)(O)O)C(NC(=O)CC(O)CCCCCCCCCCC)C(O)C2O)OC(CO)C(OP(=O)(O)O)C1O. The van der Waals surface area contributed by atoms with Crippen molar-refractivity contribution in [3.05, 3.63) is 0 Å². The van der Waals surface area contributed by atoms with E-state index in [4.69, 9.17) is 28.0 Å². The number of nitrogens with one attached hydrogen (secondary N) is 2. The number of carbonyl (C=O) groups is 3.